The fourth-order valence-electron chi connectivity index (χ4n) is 2.79. The number of methoxy groups -OCH3 is 1. The summed E-state index contributed by atoms with van der Waals surface area (Å²) >= 11 is 0. The maximum Gasteiger partial charge on any atom is 0.242 e. The van der Waals surface area contributed by atoms with Gasteiger partial charge in [-0.25, -0.2) is 4.39 Å². The highest BCUT2D eigenvalue weighted by Gasteiger charge is 2.26. The number of benzene rings is 2. The standard InChI is InChI=1S/C22H27FN2O3/c1-15(2)24-22(27)16(3)25(14-18-5-9-19(23)10-6-18)21(26)13-17-7-11-20(28-4)12-8-17/h5-12,15-16H,13-14H2,1-4H3,(H,24,27)/t16-/m1/s1. The number of carbonyl (C=O) groups excluding carboxylic acids is 2. The van der Waals surface area contributed by atoms with Gasteiger partial charge in [0.2, 0.25) is 11.8 Å². The summed E-state index contributed by atoms with van der Waals surface area (Å²) < 4.78 is 18.3. The van der Waals surface area contributed by atoms with Crippen molar-refractivity contribution in [2.75, 3.05) is 7.11 Å². The molecule has 5 nitrogen and oxygen atoms in total. The molecule has 0 bridgehead atoms. The van der Waals surface area contributed by atoms with Crippen molar-refractivity contribution in [3.8, 4) is 5.75 Å². The summed E-state index contributed by atoms with van der Waals surface area (Å²) in [5.74, 6) is -0.0319. The van der Waals surface area contributed by atoms with Crippen molar-refractivity contribution in [2.24, 2.45) is 0 Å². The van der Waals surface area contributed by atoms with E-state index in [4.69, 9.17) is 4.74 Å². The third-order valence-corrected chi connectivity index (χ3v) is 4.38. The second-order valence-corrected chi connectivity index (χ2v) is 7.01. The molecule has 2 rings (SSSR count). The molecule has 0 saturated heterocycles. The summed E-state index contributed by atoms with van der Waals surface area (Å²) in [7, 11) is 1.58. The van der Waals surface area contributed by atoms with Crippen LogP contribution in [-0.4, -0.2) is 35.9 Å². The van der Waals surface area contributed by atoms with Crippen molar-refractivity contribution >= 4 is 11.8 Å². The zero-order valence-corrected chi connectivity index (χ0v) is 16.7. The molecule has 0 aromatic heterocycles. The van der Waals surface area contributed by atoms with Crippen LogP contribution in [0.15, 0.2) is 48.5 Å². The van der Waals surface area contributed by atoms with E-state index in [2.05, 4.69) is 5.32 Å². The smallest absolute Gasteiger partial charge is 0.242 e. The predicted molar refractivity (Wildman–Crippen MR) is 106 cm³/mol. The summed E-state index contributed by atoms with van der Waals surface area (Å²) in [6, 6.07) is 12.5. The molecule has 6 heteroatoms. The number of ether oxygens (including phenoxy) is 1. The molecule has 0 aliphatic rings. The lowest BCUT2D eigenvalue weighted by Crippen LogP contribution is -2.49. The van der Waals surface area contributed by atoms with Gasteiger partial charge in [0.1, 0.15) is 17.6 Å². The molecule has 2 aromatic carbocycles. The maximum absolute atomic E-state index is 13.2. The molecule has 0 radical (unpaired) electrons. The molecule has 28 heavy (non-hydrogen) atoms. The topological polar surface area (TPSA) is 58.6 Å². The lowest BCUT2D eigenvalue weighted by Gasteiger charge is -2.29. The van der Waals surface area contributed by atoms with E-state index in [1.165, 1.54) is 17.0 Å². The SMILES string of the molecule is COc1ccc(CC(=O)N(Cc2ccc(F)cc2)[C@H](C)C(=O)NC(C)C)cc1. The molecular weight excluding hydrogens is 359 g/mol. The van der Waals surface area contributed by atoms with Crippen LogP contribution >= 0.6 is 0 Å². The average molecular weight is 386 g/mol. The Balaban J connectivity index is 2.20. The first-order chi connectivity index (χ1) is 13.3. The van der Waals surface area contributed by atoms with Crippen molar-refractivity contribution in [2.45, 2.75) is 45.8 Å². The largest absolute Gasteiger partial charge is 0.497 e. The van der Waals surface area contributed by atoms with Gasteiger partial charge >= 0.3 is 0 Å². The van der Waals surface area contributed by atoms with Gasteiger partial charge in [0, 0.05) is 12.6 Å². The maximum atomic E-state index is 13.2. The summed E-state index contributed by atoms with van der Waals surface area (Å²) in [5.41, 5.74) is 1.58. The highest BCUT2D eigenvalue weighted by Crippen LogP contribution is 2.16. The summed E-state index contributed by atoms with van der Waals surface area (Å²) in [5, 5.41) is 2.84. The lowest BCUT2D eigenvalue weighted by molar-refractivity contribution is -0.140. The van der Waals surface area contributed by atoms with Gasteiger partial charge < -0.3 is 15.0 Å². The van der Waals surface area contributed by atoms with Gasteiger partial charge in [-0.05, 0) is 56.2 Å². The Morgan fingerprint density at radius 2 is 1.57 bits per heavy atom. The number of halogens is 1. The number of hydrogen-bond donors (Lipinski definition) is 1. The van der Waals surface area contributed by atoms with Crippen LogP contribution in [0.4, 0.5) is 4.39 Å². The molecule has 1 N–H and O–H groups in total. The normalized spacial score (nSPS) is 11.8. The Morgan fingerprint density at radius 3 is 2.11 bits per heavy atom. The first-order valence-electron chi connectivity index (χ1n) is 9.27. The van der Waals surface area contributed by atoms with Crippen LogP contribution in [0.2, 0.25) is 0 Å². The highest BCUT2D eigenvalue weighted by atomic mass is 19.1. The molecule has 0 unspecified atom stereocenters. The number of rotatable bonds is 8. The third kappa shape index (κ3) is 6.08. The second kappa shape index (κ2) is 9.88. The summed E-state index contributed by atoms with van der Waals surface area (Å²) in [6.07, 6.45) is 0.157. The molecule has 1 atom stereocenters. The Morgan fingerprint density at radius 1 is 1.00 bits per heavy atom. The minimum atomic E-state index is -0.654. The Labute approximate surface area is 165 Å². The van der Waals surface area contributed by atoms with E-state index >= 15 is 0 Å². The fourth-order valence-corrected chi connectivity index (χ4v) is 2.79. The van der Waals surface area contributed by atoms with E-state index in [9.17, 15) is 14.0 Å². The number of carbonyl (C=O) groups is 2. The Bertz CT molecular complexity index is 788. The third-order valence-electron chi connectivity index (χ3n) is 4.38. The molecule has 2 amide bonds. The molecule has 150 valence electrons. The van der Waals surface area contributed by atoms with Crippen molar-refractivity contribution in [1.29, 1.82) is 0 Å². The average Bonchev–Trinajstić information content (AvgIpc) is 2.67. The fraction of sp³-hybridized carbons (Fsp3) is 0.364. The van der Waals surface area contributed by atoms with Crippen molar-refractivity contribution in [3.63, 3.8) is 0 Å². The van der Waals surface area contributed by atoms with Gasteiger partial charge in [-0.1, -0.05) is 24.3 Å². The van der Waals surface area contributed by atoms with Crippen LogP contribution in [0.25, 0.3) is 0 Å². The Kier molecular flexibility index (Phi) is 7.55. The molecule has 0 aliphatic carbocycles. The van der Waals surface area contributed by atoms with E-state index in [0.717, 1.165) is 11.1 Å². The zero-order valence-electron chi connectivity index (χ0n) is 16.7. The zero-order chi connectivity index (χ0) is 20.7. The van der Waals surface area contributed by atoms with Crippen molar-refractivity contribution < 1.29 is 18.7 Å². The molecule has 0 fully saturated rings. The van der Waals surface area contributed by atoms with Crippen molar-refractivity contribution in [3.05, 3.63) is 65.5 Å². The van der Waals surface area contributed by atoms with E-state index in [1.807, 2.05) is 26.0 Å². The first kappa shape index (κ1) is 21.4. The minimum absolute atomic E-state index is 0.0284. The summed E-state index contributed by atoms with van der Waals surface area (Å²) in [4.78, 5) is 27.0. The van der Waals surface area contributed by atoms with Gasteiger partial charge in [-0.15, -0.1) is 0 Å². The highest BCUT2D eigenvalue weighted by molar-refractivity contribution is 5.88. The second-order valence-electron chi connectivity index (χ2n) is 7.01. The van der Waals surface area contributed by atoms with Crippen LogP contribution in [0, 0.1) is 5.82 Å². The first-order valence-corrected chi connectivity index (χ1v) is 9.27. The molecule has 0 aliphatic heterocycles. The number of hydrogen-bond acceptors (Lipinski definition) is 3. The predicted octanol–water partition coefficient (Wildman–Crippen LogP) is 3.32. The van der Waals surface area contributed by atoms with Gasteiger partial charge in [0.25, 0.3) is 0 Å². The van der Waals surface area contributed by atoms with Gasteiger partial charge in [-0.2, -0.15) is 0 Å². The molecular formula is C22H27FN2O3. The summed E-state index contributed by atoms with van der Waals surface area (Å²) in [6.45, 7) is 5.66. The van der Waals surface area contributed by atoms with Gasteiger partial charge in [0.05, 0.1) is 13.5 Å². The van der Waals surface area contributed by atoms with Crippen molar-refractivity contribution in [1.82, 2.24) is 10.2 Å². The quantitative estimate of drug-likeness (QED) is 0.757. The van der Waals surface area contributed by atoms with Crippen LogP contribution < -0.4 is 10.1 Å². The molecule has 0 heterocycles. The van der Waals surface area contributed by atoms with Crippen LogP contribution in [0.5, 0.6) is 5.75 Å². The van der Waals surface area contributed by atoms with Gasteiger partial charge in [-0.3, -0.25) is 9.59 Å². The monoisotopic (exact) mass is 386 g/mol. The van der Waals surface area contributed by atoms with E-state index in [1.54, 1.807) is 38.3 Å². The number of amides is 2. The van der Waals surface area contributed by atoms with Gasteiger partial charge in [0.15, 0.2) is 0 Å². The number of nitrogens with one attached hydrogen (secondary N) is 1. The lowest BCUT2D eigenvalue weighted by atomic mass is 10.1. The van der Waals surface area contributed by atoms with E-state index in [-0.39, 0.29) is 36.6 Å². The molecule has 0 spiro atoms. The Hall–Kier alpha value is -2.89. The van der Waals surface area contributed by atoms with Crippen LogP contribution in [0.3, 0.4) is 0 Å². The minimum Gasteiger partial charge on any atom is -0.497 e. The van der Waals surface area contributed by atoms with E-state index in [0.29, 0.717) is 5.75 Å². The molecule has 0 saturated carbocycles. The van der Waals surface area contributed by atoms with Crippen LogP contribution in [-0.2, 0) is 22.6 Å². The number of nitrogens with zero attached hydrogens (tertiary/aromatic N) is 1. The van der Waals surface area contributed by atoms with E-state index < -0.39 is 6.04 Å². The molecule has 2 aromatic rings. The van der Waals surface area contributed by atoms with Crippen LogP contribution in [0.1, 0.15) is 31.9 Å².